The van der Waals surface area contributed by atoms with Gasteiger partial charge >= 0.3 is 18.1 Å². The predicted molar refractivity (Wildman–Crippen MR) is 143 cm³/mol. The molecule has 0 amide bonds. The number of carbonyl (C=O) groups excluding carboxylic acids is 1. The van der Waals surface area contributed by atoms with Gasteiger partial charge < -0.3 is 19.4 Å². The van der Waals surface area contributed by atoms with E-state index in [0.717, 1.165) is 16.7 Å². The van der Waals surface area contributed by atoms with Crippen LogP contribution in [0.3, 0.4) is 0 Å². The number of benzene rings is 2. The maximum Gasteiger partial charge on any atom is 0.460 e. The Labute approximate surface area is 239 Å². The fourth-order valence-electron chi connectivity index (χ4n) is 4.58. The molecule has 2 aromatic heterocycles. The molecule has 0 unspecified atom stereocenters. The lowest BCUT2D eigenvalue weighted by molar-refractivity contribution is -0.289. The number of morpholine rings is 1. The van der Waals surface area contributed by atoms with Gasteiger partial charge in [-0.3, -0.25) is 9.79 Å². The molecule has 1 fully saturated rings. The minimum Gasteiger partial charge on any atom is -0.402 e. The normalized spacial score (nSPS) is 17.9. The SMILES string of the molecule is O=C1Cc2ccccc2C(c2ccccc2)=N[C@@H]1Nc1nnc(-c2nc(C(F)(F)C(F)(F)F)sc2N2CCOCC2)o1. The number of fused-ring (bicyclic) bond motifs is 1. The Balaban J connectivity index is 1.35. The van der Waals surface area contributed by atoms with Crippen molar-refractivity contribution in [1.82, 2.24) is 15.2 Å². The summed E-state index contributed by atoms with van der Waals surface area (Å²) >= 11 is 0.199. The van der Waals surface area contributed by atoms with Crippen molar-refractivity contribution in [2.24, 2.45) is 4.99 Å². The zero-order valence-corrected chi connectivity index (χ0v) is 22.4. The number of rotatable bonds is 6. The van der Waals surface area contributed by atoms with E-state index in [4.69, 9.17) is 9.15 Å². The smallest absolute Gasteiger partial charge is 0.402 e. The number of alkyl halides is 5. The first-order valence-corrected chi connectivity index (χ1v) is 13.6. The van der Waals surface area contributed by atoms with Gasteiger partial charge in [-0.25, -0.2) is 4.98 Å². The number of ketones is 1. The molecule has 4 aromatic rings. The summed E-state index contributed by atoms with van der Waals surface area (Å²) in [6.07, 6.45) is -6.95. The minimum absolute atomic E-state index is 0.0119. The van der Waals surface area contributed by atoms with Crippen molar-refractivity contribution in [2.75, 3.05) is 36.5 Å². The van der Waals surface area contributed by atoms with E-state index in [0.29, 0.717) is 5.71 Å². The van der Waals surface area contributed by atoms with Gasteiger partial charge in [0.2, 0.25) is 0 Å². The van der Waals surface area contributed by atoms with Crippen LogP contribution in [0.5, 0.6) is 0 Å². The number of aliphatic imine (C=N–C) groups is 1. The molecule has 9 nitrogen and oxygen atoms in total. The molecule has 0 spiro atoms. The fourth-order valence-corrected chi connectivity index (χ4v) is 5.69. The maximum absolute atomic E-state index is 14.3. The molecule has 6 rings (SSSR count). The molecule has 2 aromatic carbocycles. The van der Waals surface area contributed by atoms with Crippen LogP contribution in [-0.4, -0.2) is 65.3 Å². The number of nitrogens with one attached hydrogen (secondary N) is 1. The predicted octanol–water partition coefficient (Wildman–Crippen LogP) is 5.08. The van der Waals surface area contributed by atoms with Crippen molar-refractivity contribution in [1.29, 1.82) is 0 Å². The number of halogens is 5. The molecule has 1 N–H and O–H groups in total. The van der Waals surface area contributed by atoms with Crippen molar-refractivity contribution >= 4 is 33.8 Å². The Bertz CT molecular complexity index is 1630. The second-order valence-corrected chi connectivity index (χ2v) is 10.4. The van der Waals surface area contributed by atoms with Gasteiger partial charge in [-0.2, -0.15) is 22.0 Å². The van der Waals surface area contributed by atoms with E-state index in [2.05, 4.69) is 25.5 Å². The maximum atomic E-state index is 14.3. The number of nitrogens with zero attached hydrogens (tertiary/aromatic N) is 5. The third-order valence-corrected chi connectivity index (χ3v) is 7.85. The monoisotopic (exact) mass is 604 g/mol. The van der Waals surface area contributed by atoms with Crippen LogP contribution < -0.4 is 10.2 Å². The summed E-state index contributed by atoms with van der Waals surface area (Å²) in [7, 11) is 0. The quantitative estimate of drug-likeness (QED) is 0.304. The highest BCUT2D eigenvalue weighted by molar-refractivity contribution is 7.16. The van der Waals surface area contributed by atoms with Crippen molar-refractivity contribution in [3.05, 3.63) is 76.3 Å². The first kappa shape index (κ1) is 27.9. The van der Waals surface area contributed by atoms with Gasteiger partial charge in [-0.15, -0.1) is 5.10 Å². The molecule has 15 heteroatoms. The molecular weight excluding hydrogens is 583 g/mol. The van der Waals surface area contributed by atoms with Gasteiger partial charge in [-0.1, -0.05) is 71.0 Å². The van der Waals surface area contributed by atoms with Crippen LogP contribution in [-0.2, 0) is 21.9 Å². The molecule has 0 radical (unpaired) electrons. The summed E-state index contributed by atoms with van der Waals surface area (Å²) < 4.78 is 79.0. The average molecular weight is 605 g/mol. The first-order valence-electron chi connectivity index (χ1n) is 12.7. The van der Waals surface area contributed by atoms with Crippen molar-refractivity contribution < 1.29 is 35.9 Å². The number of thiazole rings is 1. The third kappa shape index (κ3) is 5.25. The number of carbonyl (C=O) groups is 1. The van der Waals surface area contributed by atoms with Gasteiger partial charge in [0.25, 0.3) is 5.89 Å². The van der Waals surface area contributed by atoms with E-state index >= 15 is 0 Å². The highest BCUT2D eigenvalue weighted by Gasteiger charge is 2.61. The third-order valence-electron chi connectivity index (χ3n) is 6.67. The van der Waals surface area contributed by atoms with Crippen LogP contribution >= 0.6 is 11.3 Å². The molecule has 0 saturated carbocycles. The van der Waals surface area contributed by atoms with Gasteiger partial charge in [0.1, 0.15) is 5.00 Å². The van der Waals surface area contributed by atoms with Crippen molar-refractivity contribution in [3.8, 4) is 11.6 Å². The van der Waals surface area contributed by atoms with Gasteiger partial charge in [0.05, 0.1) is 18.9 Å². The Kier molecular flexibility index (Phi) is 7.22. The molecule has 218 valence electrons. The van der Waals surface area contributed by atoms with Gasteiger partial charge in [0, 0.05) is 30.6 Å². The Hall–Kier alpha value is -4.24. The molecule has 1 atom stereocenters. The molecule has 2 aliphatic rings. The lowest BCUT2D eigenvalue weighted by Crippen LogP contribution is -2.36. The highest BCUT2D eigenvalue weighted by Crippen LogP contribution is 2.49. The van der Waals surface area contributed by atoms with E-state index < -0.39 is 29.2 Å². The molecule has 0 aliphatic carbocycles. The second-order valence-electron chi connectivity index (χ2n) is 9.45. The number of aromatic nitrogens is 3. The molecule has 42 heavy (non-hydrogen) atoms. The number of ether oxygens (including phenoxy) is 1. The van der Waals surface area contributed by atoms with Crippen LogP contribution in [0.25, 0.3) is 11.6 Å². The fraction of sp³-hybridized carbons (Fsp3) is 0.296. The Morgan fingerprint density at radius 3 is 2.40 bits per heavy atom. The van der Waals surface area contributed by atoms with E-state index in [1.54, 1.807) is 4.90 Å². The summed E-state index contributed by atoms with van der Waals surface area (Å²) in [5.74, 6) is -5.89. The van der Waals surface area contributed by atoms with Crippen molar-refractivity contribution in [3.63, 3.8) is 0 Å². The summed E-state index contributed by atoms with van der Waals surface area (Å²) in [5, 5.41) is 9.07. The second kappa shape index (κ2) is 10.9. The summed E-state index contributed by atoms with van der Waals surface area (Å²) in [6.45, 7) is 0.957. The molecule has 2 aliphatic heterocycles. The van der Waals surface area contributed by atoms with Crippen LogP contribution in [0, 0.1) is 0 Å². The zero-order valence-electron chi connectivity index (χ0n) is 21.6. The average Bonchev–Trinajstić information content (AvgIpc) is 3.61. The molecule has 4 heterocycles. The van der Waals surface area contributed by atoms with Crippen LogP contribution in [0.15, 0.2) is 64.0 Å². The standard InChI is InChI=1S/C27H21F5N6O3S/c28-26(29,27(30,31)32)24-34-20(23(42-24)38-10-12-40-13-11-38)22-36-37-25(41-22)35-21-18(39)14-16-8-4-5-9-17(16)19(33-21)15-6-2-1-3-7-15/h1-9,21H,10-14H2,(H,35,37)/t21-/m1/s1. The molecular formula is C27H21F5N6O3S. The van der Waals surface area contributed by atoms with E-state index in [1.807, 2.05) is 54.6 Å². The van der Waals surface area contributed by atoms with Crippen molar-refractivity contribution in [2.45, 2.75) is 24.7 Å². The largest absolute Gasteiger partial charge is 0.460 e. The number of anilines is 2. The lowest BCUT2D eigenvalue weighted by atomic mass is 9.96. The van der Waals surface area contributed by atoms with E-state index in [-0.39, 0.29) is 66.6 Å². The minimum atomic E-state index is -5.85. The van der Waals surface area contributed by atoms with Crippen LogP contribution in [0.4, 0.5) is 33.0 Å². The number of hydrogen-bond acceptors (Lipinski definition) is 10. The van der Waals surface area contributed by atoms with E-state index in [1.165, 1.54) is 0 Å². The Morgan fingerprint density at radius 2 is 1.67 bits per heavy atom. The van der Waals surface area contributed by atoms with Crippen LogP contribution in [0.2, 0.25) is 0 Å². The highest BCUT2D eigenvalue weighted by atomic mass is 32.1. The first-order chi connectivity index (χ1) is 20.1. The summed E-state index contributed by atoms with van der Waals surface area (Å²) in [5.41, 5.74) is 2.56. The Morgan fingerprint density at radius 1 is 0.952 bits per heavy atom. The zero-order chi connectivity index (χ0) is 29.5. The molecule has 1 saturated heterocycles. The number of Topliss-reactive ketones (excluding diaryl/α,β-unsaturated/α-hetero) is 1. The summed E-state index contributed by atoms with van der Waals surface area (Å²) in [6, 6.07) is 16.3. The van der Waals surface area contributed by atoms with Gasteiger partial charge in [-0.05, 0) is 5.56 Å². The summed E-state index contributed by atoms with van der Waals surface area (Å²) in [4.78, 5) is 23.1. The van der Waals surface area contributed by atoms with Crippen LogP contribution in [0.1, 0.15) is 21.7 Å². The number of hydrogen-bond donors (Lipinski definition) is 1. The van der Waals surface area contributed by atoms with E-state index in [9.17, 15) is 26.7 Å². The topological polar surface area (TPSA) is 106 Å². The van der Waals surface area contributed by atoms with Gasteiger partial charge in [0.15, 0.2) is 22.7 Å². The lowest BCUT2D eigenvalue weighted by Gasteiger charge is -2.27. The molecule has 0 bridgehead atoms.